The van der Waals surface area contributed by atoms with Crippen LogP contribution in [0.1, 0.15) is 12.5 Å². The quantitative estimate of drug-likeness (QED) is 0.463. The second-order valence-electron chi connectivity index (χ2n) is 3.48. The van der Waals surface area contributed by atoms with Crippen molar-refractivity contribution in [1.29, 1.82) is 0 Å². The molecule has 0 aliphatic carbocycles. The number of thiocarbonyl (C=S) groups is 1. The third-order valence-electron chi connectivity index (χ3n) is 1.88. The molecule has 0 saturated heterocycles. The molecule has 1 aromatic heterocycles. The van der Waals surface area contributed by atoms with Crippen LogP contribution in [0.2, 0.25) is 0 Å². The van der Waals surface area contributed by atoms with E-state index in [1.807, 2.05) is 19.1 Å². The Morgan fingerprint density at radius 3 is 2.94 bits per heavy atom. The zero-order valence-electron chi connectivity index (χ0n) is 9.88. The maximum Gasteiger partial charge on any atom is 0.187 e. The average molecular weight is 252 g/mol. The van der Waals surface area contributed by atoms with Crippen LogP contribution in [-0.4, -0.2) is 36.1 Å². The smallest absolute Gasteiger partial charge is 0.187 e. The van der Waals surface area contributed by atoms with E-state index in [0.29, 0.717) is 11.7 Å². The van der Waals surface area contributed by atoms with Crippen LogP contribution in [-0.2, 0) is 4.74 Å². The van der Waals surface area contributed by atoms with Crippen molar-refractivity contribution in [1.82, 2.24) is 15.7 Å². The Kier molecular flexibility index (Phi) is 6.13. The molecule has 0 saturated carbocycles. The highest BCUT2D eigenvalue weighted by Gasteiger charge is 2.01. The molecule has 1 aromatic rings. The zero-order chi connectivity index (χ0) is 12.5. The van der Waals surface area contributed by atoms with E-state index in [-0.39, 0.29) is 6.04 Å². The SMILES string of the molecule is COC[C@@H](C)NC(=S)N/N=C\c1ccncc1. The molecular weight excluding hydrogens is 236 g/mol. The summed E-state index contributed by atoms with van der Waals surface area (Å²) in [6.07, 6.45) is 5.09. The van der Waals surface area contributed by atoms with Gasteiger partial charge in [-0.15, -0.1) is 0 Å². The van der Waals surface area contributed by atoms with Crippen molar-refractivity contribution in [2.45, 2.75) is 13.0 Å². The van der Waals surface area contributed by atoms with Crippen LogP contribution in [0.5, 0.6) is 0 Å². The fraction of sp³-hybridized carbons (Fsp3) is 0.364. The minimum atomic E-state index is 0.149. The van der Waals surface area contributed by atoms with Crippen molar-refractivity contribution in [3.05, 3.63) is 30.1 Å². The minimum absolute atomic E-state index is 0.149. The highest BCUT2D eigenvalue weighted by Crippen LogP contribution is 1.90. The van der Waals surface area contributed by atoms with Gasteiger partial charge in [-0.2, -0.15) is 5.10 Å². The third kappa shape index (κ3) is 5.94. The van der Waals surface area contributed by atoms with E-state index in [4.69, 9.17) is 17.0 Å². The third-order valence-corrected chi connectivity index (χ3v) is 2.09. The predicted molar refractivity (Wildman–Crippen MR) is 72.0 cm³/mol. The number of nitrogens with one attached hydrogen (secondary N) is 2. The van der Waals surface area contributed by atoms with E-state index >= 15 is 0 Å². The summed E-state index contributed by atoms with van der Waals surface area (Å²) in [6.45, 7) is 2.57. The number of nitrogens with zero attached hydrogens (tertiary/aromatic N) is 2. The lowest BCUT2D eigenvalue weighted by Crippen LogP contribution is -2.40. The van der Waals surface area contributed by atoms with Gasteiger partial charge in [0.05, 0.1) is 12.8 Å². The molecule has 0 spiro atoms. The summed E-state index contributed by atoms with van der Waals surface area (Å²) in [5.74, 6) is 0. The number of aromatic nitrogens is 1. The number of methoxy groups -OCH3 is 1. The first-order valence-electron chi connectivity index (χ1n) is 5.21. The van der Waals surface area contributed by atoms with Crippen molar-refractivity contribution in [3.63, 3.8) is 0 Å². The first-order valence-corrected chi connectivity index (χ1v) is 5.61. The van der Waals surface area contributed by atoms with Crippen LogP contribution in [0.25, 0.3) is 0 Å². The highest BCUT2D eigenvalue weighted by molar-refractivity contribution is 7.80. The number of hydrazone groups is 1. The molecule has 0 bridgehead atoms. The van der Waals surface area contributed by atoms with Gasteiger partial charge in [0, 0.05) is 25.5 Å². The van der Waals surface area contributed by atoms with Gasteiger partial charge in [-0.05, 0) is 36.8 Å². The largest absolute Gasteiger partial charge is 0.383 e. The second-order valence-corrected chi connectivity index (χ2v) is 3.89. The van der Waals surface area contributed by atoms with E-state index < -0.39 is 0 Å². The molecule has 6 heteroatoms. The van der Waals surface area contributed by atoms with E-state index in [2.05, 4.69) is 20.8 Å². The number of pyridine rings is 1. The van der Waals surface area contributed by atoms with Gasteiger partial charge in [-0.25, -0.2) is 0 Å². The molecule has 1 atom stereocenters. The first-order chi connectivity index (χ1) is 8.22. The minimum Gasteiger partial charge on any atom is -0.383 e. The predicted octanol–water partition coefficient (Wildman–Crippen LogP) is 0.914. The van der Waals surface area contributed by atoms with Gasteiger partial charge in [0.15, 0.2) is 5.11 Å². The molecule has 5 nitrogen and oxygen atoms in total. The molecule has 0 radical (unpaired) electrons. The van der Waals surface area contributed by atoms with Gasteiger partial charge in [-0.3, -0.25) is 10.4 Å². The molecule has 1 rings (SSSR count). The Hall–Kier alpha value is -1.53. The van der Waals surface area contributed by atoms with Gasteiger partial charge >= 0.3 is 0 Å². The monoisotopic (exact) mass is 252 g/mol. The maximum atomic E-state index is 5.06. The maximum absolute atomic E-state index is 5.06. The van der Waals surface area contributed by atoms with Crippen molar-refractivity contribution in [2.24, 2.45) is 5.10 Å². The van der Waals surface area contributed by atoms with E-state index in [0.717, 1.165) is 5.56 Å². The van der Waals surface area contributed by atoms with E-state index in [1.165, 1.54) is 0 Å². The molecule has 2 N–H and O–H groups in total. The Morgan fingerprint density at radius 2 is 2.29 bits per heavy atom. The standard InChI is InChI=1S/C11H16N4OS/c1-9(8-16-2)14-11(17)15-13-7-10-3-5-12-6-4-10/h3-7,9H,8H2,1-2H3,(H2,14,15,17)/b13-7-/t9-/m1/s1. The van der Waals surface area contributed by atoms with Crippen molar-refractivity contribution < 1.29 is 4.74 Å². The Bertz CT molecular complexity index is 369. The molecule has 0 unspecified atom stereocenters. The first kappa shape index (κ1) is 13.5. The number of ether oxygens (including phenoxy) is 1. The summed E-state index contributed by atoms with van der Waals surface area (Å²) in [5, 5.41) is 7.52. The fourth-order valence-electron chi connectivity index (χ4n) is 1.16. The van der Waals surface area contributed by atoms with Gasteiger partial charge in [0.25, 0.3) is 0 Å². The van der Waals surface area contributed by atoms with Crippen LogP contribution in [0.3, 0.4) is 0 Å². The molecular formula is C11H16N4OS. The van der Waals surface area contributed by atoms with E-state index in [1.54, 1.807) is 25.7 Å². The summed E-state index contributed by atoms with van der Waals surface area (Å²) < 4.78 is 4.98. The van der Waals surface area contributed by atoms with Gasteiger partial charge in [-0.1, -0.05) is 0 Å². The van der Waals surface area contributed by atoms with Crippen LogP contribution in [0.4, 0.5) is 0 Å². The van der Waals surface area contributed by atoms with Crippen LogP contribution < -0.4 is 10.7 Å². The molecule has 1 heterocycles. The van der Waals surface area contributed by atoms with Crippen LogP contribution >= 0.6 is 12.2 Å². The summed E-state index contributed by atoms with van der Waals surface area (Å²) in [5.41, 5.74) is 3.69. The molecule has 0 fully saturated rings. The Morgan fingerprint density at radius 1 is 1.59 bits per heavy atom. The topological polar surface area (TPSA) is 58.5 Å². The molecule has 0 aliphatic rings. The van der Waals surface area contributed by atoms with Gasteiger partial charge < -0.3 is 10.1 Å². The summed E-state index contributed by atoms with van der Waals surface area (Å²) in [6, 6.07) is 3.86. The lowest BCUT2D eigenvalue weighted by Gasteiger charge is -2.13. The van der Waals surface area contributed by atoms with Crippen molar-refractivity contribution >= 4 is 23.5 Å². The van der Waals surface area contributed by atoms with Crippen molar-refractivity contribution in [3.8, 4) is 0 Å². The second kappa shape index (κ2) is 7.70. The lowest BCUT2D eigenvalue weighted by molar-refractivity contribution is 0.179. The Balaban J connectivity index is 2.31. The summed E-state index contributed by atoms with van der Waals surface area (Å²) in [7, 11) is 1.65. The summed E-state index contributed by atoms with van der Waals surface area (Å²) in [4.78, 5) is 3.91. The highest BCUT2D eigenvalue weighted by atomic mass is 32.1. The van der Waals surface area contributed by atoms with Crippen LogP contribution in [0.15, 0.2) is 29.6 Å². The van der Waals surface area contributed by atoms with Gasteiger partial charge in [0.2, 0.25) is 0 Å². The number of rotatable bonds is 5. The number of hydrogen-bond acceptors (Lipinski definition) is 4. The molecule has 0 aromatic carbocycles. The summed E-state index contributed by atoms with van der Waals surface area (Å²) >= 11 is 5.06. The molecule has 17 heavy (non-hydrogen) atoms. The Labute approximate surface area is 106 Å². The number of hydrogen-bond donors (Lipinski definition) is 2. The lowest BCUT2D eigenvalue weighted by atomic mass is 10.3. The normalized spacial score (nSPS) is 12.4. The molecule has 0 amide bonds. The molecule has 92 valence electrons. The molecule has 0 aliphatic heterocycles. The average Bonchev–Trinajstić information content (AvgIpc) is 2.30. The zero-order valence-corrected chi connectivity index (χ0v) is 10.7. The van der Waals surface area contributed by atoms with E-state index in [9.17, 15) is 0 Å². The van der Waals surface area contributed by atoms with Crippen LogP contribution in [0, 0.1) is 0 Å². The fourth-order valence-corrected chi connectivity index (χ4v) is 1.42. The van der Waals surface area contributed by atoms with Gasteiger partial charge in [0.1, 0.15) is 0 Å². The van der Waals surface area contributed by atoms with Crippen molar-refractivity contribution in [2.75, 3.05) is 13.7 Å².